The monoisotopic (exact) mass is 305 g/mol. The van der Waals surface area contributed by atoms with Crippen molar-refractivity contribution in [2.45, 2.75) is 51.5 Å². The fraction of sp³-hybridized carbons (Fsp3) is 0.556. The van der Waals surface area contributed by atoms with E-state index < -0.39 is 0 Å². The van der Waals surface area contributed by atoms with Crippen LogP contribution >= 0.6 is 0 Å². The maximum atomic E-state index is 11.5. The molecule has 1 aliphatic rings. The highest BCUT2D eigenvalue weighted by atomic mass is 16.5. The summed E-state index contributed by atoms with van der Waals surface area (Å²) in [5.41, 5.74) is 0. The molecule has 4 heteroatoms. The van der Waals surface area contributed by atoms with E-state index in [4.69, 9.17) is 4.74 Å². The first-order valence-electron chi connectivity index (χ1n) is 8.05. The molecule has 1 saturated heterocycles. The van der Waals surface area contributed by atoms with E-state index in [1.807, 2.05) is 36.4 Å². The molecule has 0 bridgehead atoms. The molecule has 0 aromatic heterocycles. The molecular weight excluding hydrogens is 278 g/mol. The third kappa shape index (κ3) is 6.74. The van der Waals surface area contributed by atoms with Crippen LogP contribution in [0.25, 0.3) is 0 Å². The summed E-state index contributed by atoms with van der Waals surface area (Å²) in [7, 11) is 1.39. The Hall–Kier alpha value is -1.84. The van der Waals surface area contributed by atoms with Gasteiger partial charge in [-0.05, 0) is 6.42 Å². The summed E-state index contributed by atoms with van der Waals surface area (Å²) in [5, 5.41) is 0. The Kier molecular flexibility index (Phi) is 8.96. The number of Topliss-reactive ketones (excluding diaryl/α,β-unsaturated/α-hetero) is 1. The number of ether oxygens (including phenoxy) is 1. The van der Waals surface area contributed by atoms with Gasteiger partial charge in [-0.1, -0.05) is 62.6 Å². The Morgan fingerprint density at radius 2 is 1.77 bits per heavy atom. The van der Waals surface area contributed by atoms with Gasteiger partial charge in [-0.25, -0.2) is 4.79 Å². The van der Waals surface area contributed by atoms with Crippen molar-refractivity contribution in [1.82, 2.24) is 4.90 Å². The van der Waals surface area contributed by atoms with E-state index >= 15 is 0 Å². The van der Waals surface area contributed by atoms with Crippen LogP contribution in [0, 0.1) is 0 Å². The standard InChI is InChI=1S/C12H21NO3.C6H6/c1-3-4-5-6-10-9-11(14)7-8-13(10)12(15)16-2;1-2-4-6-5-3-1/h10H,3-9H2,1-2H3;1-6H. The molecule has 4 nitrogen and oxygen atoms in total. The summed E-state index contributed by atoms with van der Waals surface area (Å²) in [6, 6.07) is 12.1. The number of carbonyl (C=O) groups is 2. The molecular formula is C18H27NO3. The molecule has 122 valence electrons. The van der Waals surface area contributed by atoms with Crippen LogP contribution in [-0.2, 0) is 9.53 Å². The first kappa shape index (κ1) is 18.2. The third-order valence-electron chi connectivity index (χ3n) is 3.75. The maximum absolute atomic E-state index is 11.5. The molecule has 1 fully saturated rings. The Bertz CT molecular complexity index is 407. The molecule has 0 aliphatic carbocycles. The lowest BCUT2D eigenvalue weighted by molar-refractivity contribution is -0.122. The highest BCUT2D eigenvalue weighted by molar-refractivity contribution is 5.82. The van der Waals surface area contributed by atoms with Crippen LogP contribution < -0.4 is 0 Å². The fourth-order valence-electron chi connectivity index (χ4n) is 2.53. The van der Waals surface area contributed by atoms with Crippen molar-refractivity contribution in [3.8, 4) is 0 Å². The number of hydrogen-bond donors (Lipinski definition) is 0. The molecule has 0 saturated carbocycles. The minimum atomic E-state index is -0.297. The number of amides is 1. The van der Waals surface area contributed by atoms with E-state index in [0.717, 1.165) is 25.7 Å². The van der Waals surface area contributed by atoms with Crippen LogP contribution in [0.15, 0.2) is 36.4 Å². The average Bonchev–Trinajstić information content (AvgIpc) is 2.57. The molecule has 22 heavy (non-hydrogen) atoms. The van der Waals surface area contributed by atoms with E-state index in [0.29, 0.717) is 19.4 Å². The minimum absolute atomic E-state index is 0.0558. The molecule has 2 rings (SSSR count). The highest BCUT2D eigenvalue weighted by Crippen LogP contribution is 2.20. The van der Waals surface area contributed by atoms with Gasteiger partial charge in [0.25, 0.3) is 0 Å². The summed E-state index contributed by atoms with van der Waals surface area (Å²) in [4.78, 5) is 24.6. The van der Waals surface area contributed by atoms with Gasteiger partial charge in [0.15, 0.2) is 0 Å². The van der Waals surface area contributed by atoms with Crippen molar-refractivity contribution >= 4 is 11.9 Å². The van der Waals surface area contributed by atoms with Gasteiger partial charge < -0.3 is 9.64 Å². The molecule has 1 aliphatic heterocycles. The number of benzene rings is 1. The number of ketones is 1. The van der Waals surface area contributed by atoms with E-state index in [2.05, 4.69) is 6.92 Å². The maximum Gasteiger partial charge on any atom is 0.409 e. The summed E-state index contributed by atoms with van der Waals surface area (Å²) in [6.07, 6.45) is 4.96. The van der Waals surface area contributed by atoms with Gasteiger partial charge in [-0.2, -0.15) is 0 Å². The SMILES string of the molecule is CCCCCC1CC(=O)CCN1C(=O)OC.c1ccccc1. The van der Waals surface area contributed by atoms with Crippen molar-refractivity contribution in [1.29, 1.82) is 0 Å². The number of piperidine rings is 1. The summed E-state index contributed by atoms with van der Waals surface area (Å²) in [6.45, 7) is 2.66. The second-order valence-corrected chi connectivity index (χ2v) is 5.46. The molecule has 1 unspecified atom stereocenters. The third-order valence-corrected chi connectivity index (χ3v) is 3.75. The van der Waals surface area contributed by atoms with Gasteiger partial charge in [0.2, 0.25) is 0 Å². The Morgan fingerprint density at radius 3 is 2.27 bits per heavy atom. The van der Waals surface area contributed by atoms with Gasteiger partial charge in [0, 0.05) is 25.4 Å². The second kappa shape index (κ2) is 10.8. The molecule has 1 aromatic rings. The topological polar surface area (TPSA) is 46.6 Å². The summed E-state index contributed by atoms with van der Waals surface area (Å²) >= 11 is 0. The van der Waals surface area contributed by atoms with Gasteiger partial charge >= 0.3 is 6.09 Å². The molecule has 0 radical (unpaired) electrons. The van der Waals surface area contributed by atoms with Crippen molar-refractivity contribution < 1.29 is 14.3 Å². The second-order valence-electron chi connectivity index (χ2n) is 5.46. The van der Waals surface area contributed by atoms with Gasteiger partial charge in [-0.3, -0.25) is 4.79 Å². The fourth-order valence-corrected chi connectivity index (χ4v) is 2.53. The van der Waals surface area contributed by atoms with Crippen LogP contribution in [-0.4, -0.2) is 36.5 Å². The van der Waals surface area contributed by atoms with Crippen LogP contribution in [0.5, 0.6) is 0 Å². The van der Waals surface area contributed by atoms with Gasteiger partial charge in [-0.15, -0.1) is 0 Å². The number of rotatable bonds is 4. The highest BCUT2D eigenvalue weighted by Gasteiger charge is 2.30. The Balaban J connectivity index is 0.000000335. The molecule has 1 amide bonds. The smallest absolute Gasteiger partial charge is 0.409 e. The lowest BCUT2D eigenvalue weighted by Gasteiger charge is -2.33. The zero-order valence-corrected chi connectivity index (χ0v) is 13.7. The van der Waals surface area contributed by atoms with Crippen molar-refractivity contribution in [2.24, 2.45) is 0 Å². The van der Waals surface area contributed by atoms with Crippen molar-refractivity contribution in [3.05, 3.63) is 36.4 Å². The van der Waals surface area contributed by atoms with E-state index in [1.165, 1.54) is 7.11 Å². The average molecular weight is 305 g/mol. The lowest BCUT2D eigenvalue weighted by atomic mass is 9.96. The van der Waals surface area contributed by atoms with E-state index in [-0.39, 0.29) is 17.9 Å². The molecule has 0 spiro atoms. The Morgan fingerprint density at radius 1 is 1.18 bits per heavy atom. The van der Waals surface area contributed by atoms with Crippen LogP contribution in [0.2, 0.25) is 0 Å². The van der Waals surface area contributed by atoms with E-state index in [9.17, 15) is 9.59 Å². The molecule has 0 N–H and O–H groups in total. The van der Waals surface area contributed by atoms with Gasteiger partial charge in [0.1, 0.15) is 5.78 Å². The molecule has 1 heterocycles. The van der Waals surface area contributed by atoms with Gasteiger partial charge in [0.05, 0.1) is 7.11 Å². The molecule has 1 aromatic carbocycles. The zero-order valence-electron chi connectivity index (χ0n) is 13.7. The van der Waals surface area contributed by atoms with Crippen LogP contribution in [0.4, 0.5) is 4.79 Å². The largest absolute Gasteiger partial charge is 0.453 e. The quantitative estimate of drug-likeness (QED) is 0.788. The number of unbranched alkanes of at least 4 members (excludes halogenated alkanes) is 2. The molecule has 1 atom stereocenters. The first-order valence-corrected chi connectivity index (χ1v) is 8.05. The minimum Gasteiger partial charge on any atom is -0.453 e. The van der Waals surface area contributed by atoms with Crippen molar-refractivity contribution in [3.63, 3.8) is 0 Å². The van der Waals surface area contributed by atoms with Crippen LogP contribution in [0.3, 0.4) is 0 Å². The van der Waals surface area contributed by atoms with Crippen LogP contribution in [0.1, 0.15) is 45.4 Å². The number of hydrogen-bond acceptors (Lipinski definition) is 3. The predicted octanol–water partition coefficient (Wildman–Crippen LogP) is 4.05. The predicted molar refractivity (Wildman–Crippen MR) is 87.7 cm³/mol. The number of nitrogens with zero attached hydrogens (tertiary/aromatic N) is 1. The zero-order chi connectivity index (χ0) is 16.2. The summed E-state index contributed by atoms with van der Waals surface area (Å²) in [5.74, 6) is 0.265. The summed E-state index contributed by atoms with van der Waals surface area (Å²) < 4.78 is 4.74. The number of carbonyl (C=O) groups excluding carboxylic acids is 2. The first-order chi connectivity index (χ1) is 10.7. The lowest BCUT2D eigenvalue weighted by Crippen LogP contribution is -2.46. The van der Waals surface area contributed by atoms with Crippen molar-refractivity contribution in [2.75, 3.05) is 13.7 Å². The number of methoxy groups -OCH3 is 1. The normalized spacial score (nSPS) is 17.5. The van der Waals surface area contributed by atoms with E-state index in [1.54, 1.807) is 4.90 Å². The Labute approximate surface area is 133 Å². The number of likely N-dealkylation sites (tertiary alicyclic amines) is 1.